The van der Waals surface area contributed by atoms with E-state index in [0.717, 1.165) is 42.6 Å². The lowest BCUT2D eigenvalue weighted by Crippen LogP contribution is -2.71. The number of nitrogens with zero attached hydrogens (tertiary/aromatic N) is 2. The van der Waals surface area contributed by atoms with Crippen molar-refractivity contribution in [3.63, 3.8) is 0 Å². The van der Waals surface area contributed by atoms with E-state index in [1.54, 1.807) is 0 Å². The van der Waals surface area contributed by atoms with Crippen LogP contribution in [-0.2, 0) is 15.1 Å². The summed E-state index contributed by atoms with van der Waals surface area (Å²) in [5.41, 5.74) is -3.01. The number of anilines is 2. The van der Waals surface area contributed by atoms with Gasteiger partial charge in [-0.25, -0.2) is 19.0 Å². The van der Waals surface area contributed by atoms with Gasteiger partial charge in [0.05, 0.1) is 10.2 Å². The summed E-state index contributed by atoms with van der Waals surface area (Å²) in [4.78, 5) is 41.1. The number of piperazine rings is 1. The van der Waals surface area contributed by atoms with Gasteiger partial charge in [0.2, 0.25) is 5.54 Å². The maximum absolute atomic E-state index is 14.3. The predicted octanol–water partition coefficient (Wildman–Crippen LogP) is 3.35. The van der Waals surface area contributed by atoms with Crippen LogP contribution in [0.3, 0.4) is 0 Å². The van der Waals surface area contributed by atoms with Crippen molar-refractivity contribution in [2.75, 3.05) is 24.2 Å². The lowest BCUT2D eigenvalue weighted by Gasteiger charge is -2.44. The number of carbonyl (C=O) groups excluding carboxylic acids is 2. The number of aromatic nitrogens is 1. The second-order valence-corrected chi connectivity index (χ2v) is 8.72. The van der Waals surface area contributed by atoms with E-state index in [2.05, 4.69) is 20.9 Å². The highest BCUT2D eigenvalue weighted by molar-refractivity contribution is 7.22. The number of aliphatic carboxylic acids is 1. The average molecular weight is 511 g/mol. The topological polar surface area (TPSA) is 124 Å². The summed E-state index contributed by atoms with van der Waals surface area (Å²) in [6.07, 6.45) is -5.09. The summed E-state index contributed by atoms with van der Waals surface area (Å²) in [7, 11) is 1.01. The third kappa shape index (κ3) is 4.37. The normalized spacial score (nSPS) is 20.7. The monoisotopic (exact) mass is 511 g/mol. The largest absolute Gasteiger partial charge is 0.480 e. The number of halogens is 4. The number of hydrogen-bond donors (Lipinski definition) is 4. The fourth-order valence-corrected chi connectivity index (χ4v) is 4.64. The Morgan fingerprint density at radius 3 is 2.51 bits per heavy atom. The van der Waals surface area contributed by atoms with Gasteiger partial charge >= 0.3 is 18.2 Å². The molecule has 2 atom stereocenters. The van der Waals surface area contributed by atoms with Gasteiger partial charge in [0.25, 0.3) is 5.91 Å². The molecule has 1 saturated heterocycles. The van der Waals surface area contributed by atoms with Gasteiger partial charge in [-0.1, -0.05) is 17.4 Å². The lowest BCUT2D eigenvalue weighted by atomic mass is 9.84. The number of thiazole rings is 1. The van der Waals surface area contributed by atoms with Gasteiger partial charge in [-0.2, -0.15) is 13.2 Å². The molecule has 3 amide bonds. The van der Waals surface area contributed by atoms with Gasteiger partial charge in [-0.3, -0.25) is 15.4 Å². The molecule has 184 valence electrons. The van der Waals surface area contributed by atoms with Crippen LogP contribution in [0.1, 0.15) is 5.56 Å². The number of carbonyl (C=O) groups is 3. The number of benzene rings is 2. The van der Waals surface area contributed by atoms with Crippen molar-refractivity contribution in [1.29, 1.82) is 0 Å². The number of urea groups is 1. The van der Waals surface area contributed by atoms with Crippen molar-refractivity contribution in [3.8, 4) is 0 Å². The Morgan fingerprint density at radius 1 is 1.20 bits per heavy atom. The number of amides is 3. The van der Waals surface area contributed by atoms with Gasteiger partial charge in [-0.05, 0) is 42.0 Å². The molecular formula is C21H17F4N5O4S. The first kappa shape index (κ1) is 24.3. The van der Waals surface area contributed by atoms with Crippen molar-refractivity contribution in [1.82, 2.24) is 15.2 Å². The molecule has 0 spiro atoms. The standard InChI is InChI=1S/C21H17F4N5O4S/c1-30-14(16(31)32)9-26-20(17(30)33,21(23,24)25)10-2-7-13-15(8-10)35-19(28-13)29-18(34)27-12-5-3-11(22)4-6-12/h2-8,14,26H,9H2,1H3,(H,31,32)(H2,27,28,29,34)/t14-,20?/m0/s1. The highest BCUT2D eigenvalue weighted by Gasteiger charge is 2.65. The fourth-order valence-electron chi connectivity index (χ4n) is 3.74. The van der Waals surface area contributed by atoms with Crippen LogP contribution in [0.25, 0.3) is 10.2 Å². The third-order valence-corrected chi connectivity index (χ3v) is 6.46. The van der Waals surface area contributed by atoms with E-state index in [9.17, 15) is 37.1 Å². The van der Waals surface area contributed by atoms with Crippen molar-refractivity contribution in [2.45, 2.75) is 17.8 Å². The summed E-state index contributed by atoms with van der Waals surface area (Å²) < 4.78 is 56.1. The molecule has 0 aliphatic carbocycles. The fraction of sp³-hybridized carbons (Fsp3) is 0.238. The number of carboxylic acid groups (broad SMARTS) is 1. The molecule has 0 saturated carbocycles. The maximum Gasteiger partial charge on any atom is 0.419 e. The minimum Gasteiger partial charge on any atom is -0.480 e. The van der Waals surface area contributed by atoms with Crippen LogP contribution in [0.15, 0.2) is 42.5 Å². The summed E-state index contributed by atoms with van der Waals surface area (Å²) in [6, 6.07) is 6.32. The average Bonchev–Trinajstić information content (AvgIpc) is 3.17. The molecule has 9 nitrogen and oxygen atoms in total. The van der Waals surface area contributed by atoms with Gasteiger partial charge in [-0.15, -0.1) is 0 Å². The van der Waals surface area contributed by atoms with E-state index in [0.29, 0.717) is 10.6 Å². The molecule has 4 N–H and O–H groups in total. The van der Waals surface area contributed by atoms with Gasteiger partial charge in [0.1, 0.15) is 11.9 Å². The lowest BCUT2D eigenvalue weighted by molar-refractivity contribution is -0.217. The van der Waals surface area contributed by atoms with Crippen molar-refractivity contribution in [3.05, 3.63) is 53.8 Å². The molecule has 2 heterocycles. The molecule has 1 fully saturated rings. The molecule has 3 aromatic rings. The predicted molar refractivity (Wildman–Crippen MR) is 119 cm³/mol. The van der Waals surface area contributed by atoms with Crippen LogP contribution in [0, 0.1) is 5.82 Å². The molecule has 1 aliphatic rings. The van der Waals surface area contributed by atoms with Crippen molar-refractivity contribution >= 4 is 50.3 Å². The second kappa shape index (κ2) is 8.78. The zero-order valence-corrected chi connectivity index (χ0v) is 18.6. The SMILES string of the molecule is CN1C(=O)C(c2ccc3nc(NC(=O)Nc4ccc(F)cc4)sc3c2)(C(F)(F)F)NC[C@H]1C(=O)O. The number of alkyl halides is 3. The first-order chi connectivity index (χ1) is 16.4. The summed E-state index contributed by atoms with van der Waals surface area (Å²) in [6.45, 7) is -0.617. The van der Waals surface area contributed by atoms with Crippen LogP contribution in [0.5, 0.6) is 0 Å². The van der Waals surface area contributed by atoms with Crippen LogP contribution < -0.4 is 16.0 Å². The van der Waals surface area contributed by atoms with E-state index in [1.165, 1.54) is 18.2 Å². The van der Waals surface area contributed by atoms with Crippen LogP contribution in [0.4, 0.5) is 33.2 Å². The zero-order valence-electron chi connectivity index (χ0n) is 17.8. The minimum absolute atomic E-state index is 0.0730. The van der Waals surface area contributed by atoms with E-state index < -0.39 is 53.6 Å². The molecule has 4 rings (SSSR count). The van der Waals surface area contributed by atoms with E-state index in [1.807, 2.05) is 0 Å². The Balaban J connectivity index is 1.63. The number of nitrogens with one attached hydrogen (secondary N) is 3. The van der Waals surface area contributed by atoms with Crippen LogP contribution in [0.2, 0.25) is 0 Å². The third-order valence-electron chi connectivity index (χ3n) is 5.52. The molecule has 0 radical (unpaired) electrons. The highest BCUT2D eigenvalue weighted by atomic mass is 32.1. The maximum atomic E-state index is 14.3. The van der Waals surface area contributed by atoms with E-state index in [4.69, 9.17) is 0 Å². The first-order valence-electron chi connectivity index (χ1n) is 9.99. The summed E-state index contributed by atoms with van der Waals surface area (Å²) in [5, 5.41) is 16.3. The second-order valence-electron chi connectivity index (χ2n) is 7.69. The molecule has 35 heavy (non-hydrogen) atoms. The Hall–Kier alpha value is -3.78. The number of likely N-dealkylation sites (N-methyl/N-ethyl adjacent to an activating group) is 1. The molecular weight excluding hydrogens is 494 g/mol. The number of fused-ring (bicyclic) bond motifs is 1. The first-order valence-corrected chi connectivity index (χ1v) is 10.8. The van der Waals surface area contributed by atoms with Crippen LogP contribution >= 0.6 is 11.3 Å². The number of hydrogen-bond acceptors (Lipinski definition) is 6. The van der Waals surface area contributed by atoms with Crippen molar-refractivity contribution in [2.24, 2.45) is 0 Å². The highest BCUT2D eigenvalue weighted by Crippen LogP contribution is 2.43. The van der Waals surface area contributed by atoms with E-state index >= 15 is 0 Å². The summed E-state index contributed by atoms with van der Waals surface area (Å²) >= 11 is 0.876. The Bertz CT molecular complexity index is 1310. The minimum atomic E-state index is -5.09. The molecule has 0 bridgehead atoms. The molecule has 1 unspecified atom stereocenters. The van der Waals surface area contributed by atoms with E-state index in [-0.39, 0.29) is 15.3 Å². The Labute approximate surface area is 198 Å². The zero-order chi connectivity index (χ0) is 25.5. The smallest absolute Gasteiger partial charge is 0.419 e. The Morgan fingerprint density at radius 2 is 1.89 bits per heavy atom. The Kier molecular flexibility index (Phi) is 6.11. The van der Waals surface area contributed by atoms with Crippen molar-refractivity contribution < 1.29 is 37.1 Å². The van der Waals surface area contributed by atoms with Gasteiger partial charge in [0, 0.05) is 19.3 Å². The molecule has 1 aliphatic heterocycles. The quantitative estimate of drug-likeness (QED) is 0.399. The number of carboxylic acids is 1. The molecule has 14 heteroatoms. The molecule has 2 aromatic carbocycles. The van der Waals surface area contributed by atoms with Crippen LogP contribution in [-0.4, -0.2) is 58.7 Å². The molecule has 1 aromatic heterocycles. The summed E-state index contributed by atoms with van der Waals surface area (Å²) in [5.74, 6) is -3.37. The van der Waals surface area contributed by atoms with Gasteiger partial charge < -0.3 is 15.3 Å². The number of rotatable bonds is 4. The van der Waals surface area contributed by atoms with Gasteiger partial charge in [0.15, 0.2) is 5.13 Å².